The van der Waals surface area contributed by atoms with Gasteiger partial charge in [0.05, 0.1) is 0 Å². The van der Waals surface area contributed by atoms with E-state index in [9.17, 15) is 0 Å². The van der Waals surface area contributed by atoms with Crippen molar-refractivity contribution in [3.63, 3.8) is 0 Å². The Labute approximate surface area is 109 Å². The quantitative estimate of drug-likeness (QED) is 0.683. The molecule has 0 amide bonds. The van der Waals surface area contributed by atoms with Crippen LogP contribution in [0, 0.1) is 5.41 Å². The Morgan fingerprint density at radius 1 is 1.28 bits per heavy atom. The topological polar surface area (TPSA) is 74.2 Å². The summed E-state index contributed by atoms with van der Waals surface area (Å²) < 4.78 is 10.2. The third-order valence-corrected chi connectivity index (χ3v) is 3.10. The number of ether oxygens (including phenoxy) is 1. The molecule has 1 heterocycles. The second-order valence-electron chi connectivity index (χ2n) is 5.40. The van der Waals surface area contributed by atoms with Gasteiger partial charge in [-0.25, -0.2) is 0 Å². The van der Waals surface area contributed by atoms with Gasteiger partial charge in [-0.1, -0.05) is 19.0 Å². The standard InChI is InChI=1S/C13H25N3O2/c1-13(2,8-9-14)7-6-12-15-11(16-18-12)5-4-10-17-3/h4-10,14H2,1-3H3. The second kappa shape index (κ2) is 7.48. The van der Waals surface area contributed by atoms with Crippen LogP contribution in [0.15, 0.2) is 4.52 Å². The van der Waals surface area contributed by atoms with E-state index in [2.05, 4.69) is 24.0 Å². The normalized spacial score (nSPS) is 12.0. The van der Waals surface area contributed by atoms with E-state index in [1.807, 2.05) is 0 Å². The number of nitrogens with zero attached hydrogens (tertiary/aromatic N) is 2. The van der Waals surface area contributed by atoms with Crippen LogP contribution < -0.4 is 5.73 Å². The van der Waals surface area contributed by atoms with Crippen molar-refractivity contribution in [1.82, 2.24) is 10.1 Å². The maximum Gasteiger partial charge on any atom is 0.226 e. The van der Waals surface area contributed by atoms with Crippen LogP contribution in [-0.2, 0) is 17.6 Å². The molecule has 104 valence electrons. The van der Waals surface area contributed by atoms with E-state index in [0.717, 1.165) is 57.0 Å². The third-order valence-electron chi connectivity index (χ3n) is 3.10. The van der Waals surface area contributed by atoms with Crippen molar-refractivity contribution in [3.05, 3.63) is 11.7 Å². The van der Waals surface area contributed by atoms with Crippen molar-refractivity contribution in [2.75, 3.05) is 20.3 Å². The molecule has 0 spiro atoms. The fraction of sp³-hybridized carbons (Fsp3) is 0.846. The lowest BCUT2D eigenvalue weighted by molar-refractivity contribution is 0.194. The minimum absolute atomic E-state index is 0.236. The third kappa shape index (κ3) is 5.60. The van der Waals surface area contributed by atoms with E-state index < -0.39 is 0 Å². The van der Waals surface area contributed by atoms with Crippen molar-refractivity contribution in [1.29, 1.82) is 0 Å². The van der Waals surface area contributed by atoms with Crippen LogP contribution in [0.4, 0.5) is 0 Å². The summed E-state index contributed by atoms with van der Waals surface area (Å²) in [6.07, 6.45) is 4.59. The molecule has 5 nitrogen and oxygen atoms in total. The first kappa shape index (κ1) is 15.1. The van der Waals surface area contributed by atoms with Crippen LogP contribution in [0.3, 0.4) is 0 Å². The van der Waals surface area contributed by atoms with Crippen LogP contribution in [0.25, 0.3) is 0 Å². The largest absolute Gasteiger partial charge is 0.385 e. The highest BCUT2D eigenvalue weighted by atomic mass is 16.5. The zero-order valence-electron chi connectivity index (χ0n) is 11.7. The lowest BCUT2D eigenvalue weighted by Gasteiger charge is -2.22. The van der Waals surface area contributed by atoms with Crippen molar-refractivity contribution in [2.24, 2.45) is 11.1 Å². The molecule has 0 atom stereocenters. The summed E-state index contributed by atoms with van der Waals surface area (Å²) in [6.45, 7) is 5.89. The van der Waals surface area contributed by atoms with Crippen molar-refractivity contribution >= 4 is 0 Å². The highest BCUT2D eigenvalue weighted by molar-refractivity contribution is 4.88. The van der Waals surface area contributed by atoms with Gasteiger partial charge in [-0.2, -0.15) is 4.98 Å². The summed E-state index contributed by atoms with van der Waals surface area (Å²) >= 11 is 0. The number of hydrogen-bond acceptors (Lipinski definition) is 5. The molecule has 0 bridgehead atoms. The van der Waals surface area contributed by atoms with Crippen LogP contribution in [0.1, 0.15) is 44.8 Å². The molecule has 0 saturated carbocycles. The van der Waals surface area contributed by atoms with Gasteiger partial charge in [-0.3, -0.25) is 0 Å². The van der Waals surface area contributed by atoms with Gasteiger partial charge < -0.3 is 15.0 Å². The highest BCUT2D eigenvalue weighted by Crippen LogP contribution is 2.25. The zero-order chi connectivity index (χ0) is 13.4. The lowest BCUT2D eigenvalue weighted by Crippen LogP contribution is -2.17. The number of rotatable bonds is 9. The van der Waals surface area contributed by atoms with Gasteiger partial charge in [-0.05, 0) is 31.2 Å². The monoisotopic (exact) mass is 255 g/mol. The van der Waals surface area contributed by atoms with E-state index in [0.29, 0.717) is 0 Å². The minimum Gasteiger partial charge on any atom is -0.385 e. The number of aromatic nitrogens is 2. The SMILES string of the molecule is COCCCc1noc(CCC(C)(C)CCN)n1. The molecule has 0 saturated heterocycles. The fourth-order valence-electron chi connectivity index (χ4n) is 1.83. The summed E-state index contributed by atoms with van der Waals surface area (Å²) in [4.78, 5) is 4.38. The van der Waals surface area contributed by atoms with E-state index in [4.69, 9.17) is 15.0 Å². The molecule has 0 aromatic carbocycles. The Morgan fingerprint density at radius 2 is 2.06 bits per heavy atom. The van der Waals surface area contributed by atoms with E-state index in [-0.39, 0.29) is 5.41 Å². The van der Waals surface area contributed by atoms with Crippen molar-refractivity contribution < 1.29 is 9.26 Å². The highest BCUT2D eigenvalue weighted by Gasteiger charge is 2.18. The van der Waals surface area contributed by atoms with E-state index >= 15 is 0 Å². The predicted molar refractivity (Wildman–Crippen MR) is 70.3 cm³/mol. The smallest absolute Gasteiger partial charge is 0.226 e. The van der Waals surface area contributed by atoms with Gasteiger partial charge in [0.15, 0.2) is 5.82 Å². The van der Waals surface area contributed by atoms with Gasteiger partial charge in [0, 0.05) is 26.6 Å². The summed E-state index contributed by atoms with van der Waals surface area (Å²) in [7, 11) is 1.70. The van der Waals surface area contributed by atoms with E-state index in [1.54, 1.807) is 7.11 Å². The Morgan fingerprint density at radius 3 is 2.72 bits per heavy atom. The molecule has 0 aliphatic heterocycles. The molecular weight excluding hydrogens is 230 g/mol. The number of hydrogen-bond donors (Lipinski definition) is 1. The first-order valence-electron chi connectivity index (χ1n) is 6.58. The number of methoxy groups -OCH3 is 1. The molecular formula is C13H25N3O2. The number of aryl methyl sites for hydroxylation is 2. The van der Waals surface area contributed by atoms with Crippen LogP contribution in [-0.4, -0.2) is 30.4 Å². The van der Waals surface area contributed by atoms with Crippen molar-refractivity contribution in [2.45, 2.75) is 46.0 Å². The molecule has 0 radical (unpaired) electrons. The average molecular weight is 255 g/mol. The lowest BCUT2D eigenvalue weighted by atomic mass is 9.84. The second-order valence-corrected chi connectivity index (χ2v) is 5.40. The van der Waals surface area contributed by atoms with Crippen molar-refractivity contribution in [3.8, 4) is 0 Å². The summed E-state index contributed by atoms with van der Waals surface area (Å²) in [5.41, 5.74) is 5.83. The summed E-state index contributed by atoms with van der Waals surface area (Å²) in [5, 5.41) is 3.97. The fourth-order valence-corrected chi connectivity index (χ4v) is 1.83. The van der Waals surface area contributed by atoms with Gasteiger partial charge in [0.25, 0.3) is 0 Å². The molecule has 1 aromatic heterocycles. The van der Waals surface area contributed by atoms with Gasteiger partial charge in [0.1, 0.15) is 0 Å². The number of nitrogens with two attached hydrogens (primary N) is 1. The molecule has 0 aliphatic carbocycles. The molecule has 18 heavy (non-hydrogen) atoms. The minimum atomic E-state index is 0.236. The maximum absolute atomic E-state index is 5.59. The molecule has 0 unspecified atom stereocenters. The first-order chi connectivity index (χ1) is 8.57. The van der Waals surface area contributed by atoms with Gasteiger partial charge in [-0.15, -0.1) is 0 Å². The molecule has 1 aromatic rings. The molecule has 0 aliphatic rings. The predicted octanol–water partition coefficient (Wildman–Crippen LogP) is 1.96. The summed E-state index contributed by atoms with van der Waals surface area (Å²) in [6, 6.07) is 0. The van der Waals surface area contributed by atoms with Gasteiger partial charge >= 0.3 is 0 Å². The Hall–Kier alpha value is -0.940. The van der Waals surface area contributed by atoms with Crippen LogP contribution in [0.5, 0.6) is 0 Å². The average Bonchev–Trinajstić information content (AvgIpc) is 2.75. The molecule has 5 heteroatoms. The molecule has 2 N–H and O–H groups in total. The summed E-state index contributed by atoms with van der Waals surface area (Å²) in [5.74, 6) is 1.51. The molecule has 0 fully saturated rings. The first-order valence-corrected chi connectivity index (χ1v) is 6.58. The maximum atomic E-state index is 5.59. The van der Waals surface area contributed by atoms with Gasteiger partial charge in [0.2, 0.25) is 5.89 Å². The zero-order valence-corrected chi connectivity index (χ0v) is 11.7. The van der Waals surface area contributed by atoms with Crippen LogP contribution in [0.2, 0.25) is 0 Å². The molecule has 1 rings (SSSR count). The Bertz CT molecular complexity index is 337. The Balaban J connectivity index is 2.35. The Kier molecular flexibility index (Phi) is 6.29. The van der Waals surface area contributed by atoms with Crippen LogP contribution >= 0.6 is 0 Å². The van der Waals surface area contributed by atoms with E-state index in [1.165, 1.54) is 0 Å².